The quantitative estimate of drug-likeness (QED) is 0.430. The summed E-state index contributed by atoms with van der Waals surface area (Å²) in [7, 11) is 3.19. The number of hydrogen-bond donors (Lipinski definition) is 2. The highest BCUT2D eigenvalue weighted by Crippen LogP contribution is 2.68. The van der Waals surface area contributed by atoms with E-state index in [1.165, 1.54) is 11.3 Å². The summed E-state index contributed by atoms with van der Waals surface area (Å²) in [4.78, 5) is 57.7. The molecule has 7 atom stereocenters. The first-order valence-corrected chi connectivity index (χ1v) is 14.9. The van der Waals surface area contributed by atoms with E-state index < -0.39 is 17.7 Å². The molecule has 1 saturated heterocycles. The van der Waals surface area contributed by atoms with Gasteiger partial charge in [0, 0.05) is 21.7 Å². The molecule has 0 radical (unpaired) electrons. The number of nitrogens with zero attached hydrogens (tertiary/aromatic N) is 1. The number of fused-ring (bicyclic) bond motifs is 9. The fourth-order valence-electron chi connectivity index (χ4n) is 7.44. The molecule has 2 aliphatic heterocycles. The first-order valence-electron chi connectivity index (χ1n) is 13.2. The smallest absolute Gasteiger partial charge is 0.305 e. The Kier molecular flexibility index (Phi) is 6.04. The third-order valence-electron chi connectivity index (χ3n) is 8.97. The normalized spacial score (nSPS) is 29.6. The SMILES string of the molecule is COc1ccc(NC(=O)CN2C(=O)C3C4CC(C3C2=O)C2C(c3ccc(OC)cc3)c3sc(=O)[nH]c3SC42)cc1. The standard InChI is InChI=1S/C29H27N3O6S2/c1-37-15-7-3-13(4-8-15)20-21-17-11-18(24(21)39-26-25(20)40-29(36)31-26)23-22(17)27(34)32(28(23)35)12-19(33)30-14-5-9-16(38-2)10-6-14/h3-10,17-18,20-24H,11-12H2,1-2H3,(H,30,33)(H,31,36). The Morgan fingerprint density at radius 3 is 2.23 bits per heavy atom. The molecule has 4 aliphatic rings. The van der Waals surface area contributed by atoms with Gasteiger partial charge in [-0.15, -0.1) is 11.8 Å². The number of thioether (sulfide) groups is 1. The molecule has 206 valence electrons. The zero-order chi connectivity index (χ0) is 27.7. The Labute approximate surface area is 238 Å². The van der Waals surface area contributed by atoms with Gasteiger partial charge in [0.15, 0.2) is 0 Å². The van der Waals surface area contributed by atoms with E-state index in [9.17, 15) is 19.2 Å². The van der Waals surface area contributed by atoms with E-state index in [0.717, 1.165) is 32.5 Å². The minimum absolute atomic E-state index is 0.00365. The summed E-state index contributed by atoms with van der Waals surface area (Å²) in [6, 6.07) is 14.8. The molecule has 3 amide bonds. The third-order valence-corrected chi connectivity index (χ3v) is 11.6. The van der Waals surface area contributed by atoms with Crippen LogP contribution in [0.2, 0.25) is 0 Å². The summed E-state index contributed by atoms with van der Waals surface area (Å²) in [5.74, 6) is -0.316. The Bertz CT molecular complexity index is 1570. The van der Waals surface area contributed by atoms with Gasteiger partial charge >= 0.3 is 4.87 Å². The Morgan fingerprint density at radius 2 is 1.57 bits per heavy atom. The second kappa shape index (κ2) is 9.52. The van der Waals surface area contributed by atoms with E-state index in [4.69, 9.17) is 9.47 Å². The molecule has 2 bridgehead atoms. The lowest BCUT2D eigenvalue weighted by atomic mass is 9.68. The zero-order valence-electron chi connectivity index (χ0n) is 21.8. The molecule has 7 unspecified atom stereocenters. The molecule has 2 saturated carbocycles. The largest absolute Gasteiger partial charge is 0.497 e. The number of rotatable bonds is 6. The summed E-state index contributed by atoms with van der Waals surface area (Å²) in [6.07, 6.45) is 0.798. The van der Waals surface area contributed by atoms with Crippen LogP contribution in [0.4, 0.5) is 5.69 Å². The molecule has 0 spiro atoms. The fraction of sp³-hybridized carbons (Fsp3) is 0.379. The molecule has 7 rings (SSSR count). The minimum atomic E-state index is -0.439. The summed E-state index contributed by atoms with van der Waals surface area (Å²) in [5.41, 5.74) is 1.64. The van der Waals surface area contributed by atoms with Gasteiger partial charge in [-0.3, -0.25) is 24.1 Å². The monoisotopic (exact) mass is 577 g/mol. The van der Waals surface area contributed by atoms with E-state index in [1.807, 2.05) is 24.3 Å². The van der Waals surface area contributed by atoms with E-state index in [0.29, 0.717) is 11.4 Å². The molecular formula is C29H27N3O6S2. The lowest BCUT2D eigenvalue weighted by Crippen LogP contribution is -2.42. The number of anilines is 1. The number of imide groups is 1. The summed E-state index contributed by atoms with van der Waals surface area (Å²) in [6.45, 7) is -0.304. The Balaban J connectivity index is 1.16. The number of hydrogen-bond acceptors (Lipinski definition) is 8. The maximum Gasteiger partial charge on any atom is 0.305 e. The van der Waals surface area contributed by atoms with Gasteiger partial charge in [-0.1, -0.05) is 23.5 Å². The van der Waals surface area contributed by atoms with Gasteiger partial charge in [0.05, 0.1) is 31.1 Å². The second-order valence-corrected chi connectivity index (χ2v) is 13.0. The first kappa shape index (κ1) is 25.4. The summed E-state index contributed by atoms with van der Waals surface area (Å²) < 4.78 is 10.5. The maximum absolute atomic E-state index is 13.7. The number of nitrogens with one attached hydrogen (secondary N) is 2. The summed E-state index contributed by atoms with van der Waals surface area (Å²) >= 11 is 2.88. The van der Waals surface area contributed by atoms with Crippen LogP contribution in [0.15, 0.2) is 58.4 Å². The second-order valence-electron chi connectivity index (χ2n) is 10.8. The number of H-pyrrole nitrogens is 1. The van der Waals surface area contributed by atoms with Gasteiger partial charge in [-0.25, -0.2) is 0 Å². The average molecular weight is 578 g/mol. The number of aromatic nitrogens is 1. The number of ether oxygens (including phenoxy) is 2. The highest BCUT2D eigenvalue weighted by Gasteiger charge is 2.69. The van der Waals surface area contributed by atoms with Crippen molar-refractivity contribution < 1.29 is 23.9 Å². The topological polar surface area (TPSA) is 118 Å². The van der Waals surface area contributed by atoms with Crippen molar-refractivity contribution in [1.29, 1.82) is 0 Å². The van der Waals surface area contributed by atoms with Gasteiger partial charge in [0.2, 0.25) is 17.7 Å². The molecule has 9 nitrogen and oxygen atoms in total. The van der Waals surface area contributed by atoms with Crippen molar-refractivity contribution in [3.05, 3.63) is 68.6 Å². The van der Waals surface area contributed by atoms with Crippen LogP contribution in [-0.2, 0) is 14.4 Å². The van der Waals surface area contributed by atoms with Crippen molar-refractivity contribution >= 4 is 46.5 Å². The van der Waals surface area contributed by atoms with E-state index in [2.05, 4.69) is 10.3 Å². The molecule has 40 heavy (non-hydrogen) atoms. The lowest BCUT2D eigenvalue weighted by molar-refractivity contribution is -0.143. The van der Waals surface area contributed by atoms with Crippen LogP contribution >= 0.6 is 23.1 Å². The lowest BCUT2D eigenvalue weighted by Gasteiger charge is -2.43. The molecule has 3 aromatic rings. The first-order chi connectivity index (χ1) is 19.4. The molecule has 1 aromatic heterocycles. The molecule has 2 aromatic carbocycles. The predicted molar refractivity (Wildman–Crippen MR) is 150 cm³/mol. The minimum Gasteiger partial charge on any atom is -0.497 e. The van der Waals surface area contributed by atoms with E-state index in [-0.39, 0.29) is 52.2 Å². The van der Waals surface area contributed by atoms with Crippen molar-refractivity contribution in [2.45, 2.75) is 22.6 Å². The number of benzene rings is 2. The number of carbonyl (C=O) groups excluding carboxylic acids is 3. The van der Waals surface area contributed by atoms with Crippen LogP contribution in [-0.4, -0.2) is 53.6 Å². The summed E-state index contributed by atoms with van der Waals surface area (Å²) in [5, 5.41) is 3.75. The van der Waals surface area contributed by atoms with Gasteiger partial charge in [-0.2, -0.15) is 0 Å². The Hall–Kier alpha value is -3.57. The van der Waals surface area contributed by atoms with E-state index in [1.54, 1.807) is 50.2 Å². The average Bonchev–Trinajstić information content (AvgIpc) is 3.69. The van der Waals surface area contributed by atoms with Gasteiger partial charge in [0.1, 0.15) is 18.0 Å². The van der Waals surface area contributed by atoms with Gasteiger partial charge in [-0.05, 0) is 66.1 Å². The zero-order valence-corrected chi connectivity index (χ0v) is 23.4. The van der Waals surface area contributed by atoms with Crippen molar-refractivity contribution in [3.8, 4) is 11.5 Å². The van der Waals surface area contributed by atoms with Gasteiger partial charge in [0.25, 0.3) is 0 Å². The van der Waals surface area contributed by atoms with Crippen molar-refractivity contribution in [3.63, 3.8) is 0 Å². The predicted octanol–water partition coefficient (Wildman–Crippen LogP) is 3.57. The highest BCUT2D eigenvalue weighted by molar-refractivity contribution is 8.00. The molecule has 3 heterocycles. The van der Waals surface area contributed by atoms with Crippen molar-refractivity contribution in [2.24, 2.45) is 29.6 Å². The van der Waals surface area contributed by atoms with Crippen LogP contribution in [0.25, 0.3) is 0 Å². The molecule has 3 fully saturated rings. The van der Waals surface area contributed by atoms with E-state index >= 15 is 0 Å². The molecular weight excluding hydrogens is 550 g/mol. The molecule has 2 N–H and O–H groups in total. The highest BCUT2D eigenvalue weighted by atomic mass is 32.2. The van der Waals surface area contributed by atoms with Crippen molar-refractivity contribution in [2.75, 3.05) is 26.1 Å². The fourth-order valence-corrected chi connectivity index (χ4v) is 10.3. The van der Waals surface area contributed by atoms with Crippen LogP contribution in [0.1, 0.15) is 22.8 Å². The number of aromatic amines is 1. The maximum atomic E-state index is 13.7. The number of likely N-dealkylation sites (tertiary alicyclic amines) is 1. The van der Waals surface area contributed by atoms with Crippen LogP contribution < -0.4 is 19.7 Å². The number of thiazole rings is 1. The third kappa shape index (κ3) is 3.81. The molecule has 2 aliphatic carbocycles. The van der Waals surface area contributed by atoms with Crippen LogP contribution in [0, 0.1) is 29.6 Å². The number of methoxy groups -OCH3 is 2. The molecule has 11 heteroatoms. The Morgan fingerprint density at radius 1 is 0.950 bits per heavy atom. The number of amides is 3. The number of carbonyl (C=O) groups is 3. The van der Waals surface area contributed by atoms with Crippen molar-refractivity contribution in [1.82, 2.24) is 9.88 Å². The van der Waals surface area contributed by atoms with Crippen LogP contribution in [0.3, 0.4) is 0 Å². The van der Waals surface area contributed by atoms with Gasteiger partial charge < -0.3 is 19.8 Å². The van der Waals surface area contributed by atoms with Crippen LogP contribution in [0.5, 0.6) is 11.5 Å².